The van der Waals surface area contributed by atoms with E-state index in [1.54, 1.807) is 4.90 Å². The van der Waals surface area contributed by atoms with E-state index in [0.717, 1.165) is 6.42 Å². The number of carbonyl (C=O) groups excluding carboxylic acids is 1. The Morgan fingerprint density at radius 1 is 1.50 bits per heavy atom. The quantitative estimate of drug-likeness (QED) is 0.648. The van der Waals surface area contributed by atoms with Gasteiger partial charge in [-0.3, -0.25) is 0 Å². The molecule has 92 valence electrons. The van der Waals surface area contributed by atoms with Crippen molar-refractivity contribution >= 4 is 12.0 Å². The Labute approximate surface area is 96.1 Å². The molecule has 0 saturated heterocycles. The lowest BCUT2D eigenvalue weighted by molar-refractivity contribution is -0.139. The van der Waals surface area contributed by atoms with Crippen LogP contribution in [0, 0.1) is 0 Å². The first kappa shape index (κ1) is 14.5. The van der Waals surface area contributed by atoms with Crippen molar-refractivity contribution in [3.8, 4) is 0 Å². The lowest BCUT2D eigenvalue weighted by Crippen LogP contribution is -2.47. The molecule has 2 amide bonds. The summed E-state index contributed by atoms with van der Waals surface area (Å²) in [5.74, 6) is -1.04. The molecule has 0 aliphatic heterocycles. The largest absolute Gasteiger partial charge is 0.480 e. The summed E-state index contributed by atoms with van der Waals surface area (Å²) in [4.78, 5) is 24.1. The molecule has 1 atom stereocenters. The number of carboxylic acid groups (broad SMARTS) is 1. The molecule has 0 aromatic carbocycles. The molecule has 0 aliphatic carbocycles. The average molecular weight is 228 g/mol. The van der Waals surface area contributed by atoms with E-state index in [1.165, 1.54) is 6.08 Å². The van der Waals surface area contributed by atoms with E-state index in [2.05, 4.69) is 11.9 Å². The van der Waals surface area contributed by atoms with Gasteiger partial charge < -0.3 is 15.3 Å². The minimum Gasteiger partial charge on any atom is -0.480 e. The Bertz CT molecular complexity index is 254. The second kappa shape index (κ2) is 7.73. The fourth-order valence-corrected chi connectivity index (χ4v) is 1.30. The molecule has 1 unspecified atom stereocenters. The fourth-order valence-electron chi connectivity index (χ4n) is 1.30. The minimum atomic E-state index is -1.04. The summed E-state index contributed by atoms with van der Waals surface area (Å²) in [6.07, 6.45) is 2.56. The predicted octanol–water partition coefficient (Wildman–Crippen LogP) is 1.46. The van der Waals surface area contributed by atoms with E-state index in [1.807, 2.05) is 13.8 Å². The highest BCUT2D eigenvalue weighted by Crippen LogP contribution is 1.97. The first-order chi connectivity index (χ1) is 7.56. The molecule has 0 aromatic heterocycles. The molecule has 5 nitrogen and oxygen atoms in total. The van der Waals surface area contributed by atoms with Gasteiger partial charge in [-0.2, -0.15) is 0 Å². The number of nitrogens with zero attached hydrogens (tertiary/aromatic N) is 1. The maximum absolute atomic E-state index is 11.7. The van der Waals surface area contributed by atoms with Crippen molar-refractivity contribution in [3.63, 3.8) is 0 Å². The van der Waals surface area contributed by atoms with Crippen molar-refractivity contribution in [3.05, 3.63) is 12.7 Å². The number of carboxylic acids is 1. The SMILES string of the molecule is C=CCC(NC(=O)N(CC)CCC)C(=O)O. The van der Waals surface area contributed by atoms with Crippen molar-refractivity contribution in [1.82, 2.24) is 10.2 Å². The Hall–Kier alpha value is -1.52. The van der Waals surface area contributed by atoms with Gasteiger partial charge in [-0.25, -0.2) is 9.59 Å². The average Bonchev–Trinajstić information content (AvgIpc) is 2.24. The van der Waals surface area contributed by atoms with Crippen LogP contribution in [0.3, 0.4) is 0 Å². The van der Waals surface area contributed by atoms with Crippen LogP contribution >= 0.6 is 0 Å². The lowest BCUT2D eigenvalue weighted by Gasteiger charge is -2.22. The second-order valence-corrected chi connectivity index (χ2v) is 3.44. The van der Waals surface area contributed by atoms with E-state index in [-0.39, 0.29) is 12.5 Å². The van der Waals surface area contributed by atoms with Crippen molar-refractivity contribution in [2.75, 3.05) is 13.1 Å². The summed E-state index contributed by atoms with van der Waals surface area (Å²) >= 11 is 0. The van der Waals surface area contributed by atoms with Crippen molar-refractivity contribution in [1.29, 1.82) is 0 Å². The molecular formula is C11H20N2O3. The van der Waals surface area contributed by atoms with Gasteiger partial charge in [-0.15, -0.1) is 6.58 Å². The number of urea groups is 1. The van der Waals surface area contributed by atoms with Crippen LogP contribution in [0.25, 0.3) is 0 Å². The summed E-state index contributed by atoms with van der Waals surface area (Å²) in [6, 6.07) is -1.23. The van der Waals surface area contributed by atoms with E-state index >= 15 is 0 Å². The summed E-state index contributed by atoms with van der Waals surface area (Å²) in [5, 5.41) is 11.3. The zero-order valence-corrected chi connectivity index (χ0v) is 9.90. The van der Waals surface area contributed by atoms with Gasteiger partial charge in [0.1, 0.15) is 6.04 Å². The maximum atomic E-state index is 11.7. The van der Waals surface area contributed by atoms with Gasteiger partial charge in [0.05, 0.1) is 0 Å². The molecule has 0 fully saturated rings. The molecule has 0 aromatic rings. The maximum Gasteiger partial charge on any atom is 0.326 e. The van der Waals surface area contributed by atoms with Gasteiger partial charge in [0.2, 0.25) is 0 Å². The molecule has 16 heavy (non-hydrogen) atoms. The molecular weight excluding hydrogens is 208 g/mol. The first-order valence-corrected chi connectivity index (χ1v) is 5.45. The number of aliphatic carboxylic acids is 1. The Balaban J connectivity index is 4.36. The van der Waals surface area contributed by atoms with Crippen LogP contribution in [-0.2, 0) is 4.79 Å². The Morgan fingerprint density at radius 3 is 2.50 bits per heavy atom. The van der Waals surface area contributed by atoms with Crippen LogP contribution in [0.1, 0.15) is 26.7 Å². The molecule has 0 heterocycles. The Kier molecular flexibility index (Phi) is 7.00. The van der Waals surface area contributed by atoms with Crippen LogP contribution in [-0.4, -0.2) is 41.1 Å². The highest BCUT2D eigenvalue weighted by atomic mass is 16.4. The van der Waals surface area contributed by atoms with Crippen LogP contribution in [0.2, 0.25) is 0 Å². The van der Waals surface area contributed by atoms with Crippen molar-refractivity contribution < 1.29 is 14.7 Å². The molecule has 5 heteroatoms. The summed E-state index contributed by atoms with van der Waals surface area (Å²) < 4.78 is 0. The van der Waals surface area contributed by atoms with Crippen LogP contribution in [0.4, 0.5) is 4.79 Å². The van der Waals surface area contributed by atoms with Gasteiger partial charge >= 0.3 is 12.0 Å². The second-order valence-electron chi connectivity index (χ2n) is 3.44. The van der Waals surface area contributed by atoms with Gasteiger partial charge in [-0.05, 0) is 19.8 Å². The van der Waals surface area contributed by atoms with Gasteiger partial charge in [0, 0.05) is 13.1 Å². The third kappa shape index (κ3) is 4.82. The monoisotopic (exact) mass is 228 g/mol. The third-order valence-corrected chi connectivity index (χ3v) is 2.16. The molecule has 2 N–H and O–H groups in total. The van der Waals surface area contributed by atoms with Crippen LogP contribution in [0.15, 0.2) is 12.7 Å². The summed E-state index contributed by atoms with van der Waals surface area (Å²) in [6.45, 7) is 8.49. The van der Waals surface area contributed by atoms with E-state index < -0.39 is 12.0 Å². The zero-order chi connectivity index (χ0) is 12.6. The number of hydrogen-bond donors (Lipinski definition) is 2. The highest BCUT2D eigenvalue weighted by Gasteiger charge is 2.20. The van der Waals surface area contributed by atoms with E-state index in [9.17, 15) is 9.59 Å². The Morgan fingerprint density at radius 2 is 2.12 bits per heavy atom. The first-order valence-electron chi connectivity index (χ1n) is 5.45. The van der Waals surface area contributed by atoms with Gasteiger partial charge in [0.25, 0.3) is 0 Å². The van der Waals surface area contributed by atoms with Crippen molar-refractivity contribution in [2.24, 2.45) is 0 Å². The van der Waals surface area contributed by atoms with Gasteiger partial charge in [0.15, 0.2) is 0 Å². The van der Waals surface area contributed by atoms with Crippen LogP contribution < -0.4 is 5.32 Å². The minimum absolute atomic E-state index is 0.227. The molecule has 0 radical (unpaired) electrons. The topological polar surface area (TPSA) is 69.6 Å². The summed E-state index contributed by atoms with van der Waals surface area (Å²) in [5.41, 5.74) is 0. The molecule has 0 rings (SSSR count). The number of hydrogen-bond acceptors (Lipinski definition) is 2. The fraction of sp³-hybridized carbons (Fsp3) is 0.636. The molecule has 0 spiro atoms. The normalized spacial score (nSPS) is 11.6. The number of carbonyl (C=O) groups is 2. The number of amides is 2. The zero-order valence-electron chi connectivity index (χ0n) is 9.90. The molecule has 0 bridgehead atoms. The standard InChI is InChI=1S/C11H20N2O3/c1-4-7-9(10(14)15)12-11(16)13(6-3)8-5-2/h4,9H,1,5-8H2,2-3H3,(H,12,16)(H,14,15). The lowest BCUT2D eigenvalue weighted by atomic mass is 10.2. The third-order valence-electron chi connectivity index (χ3n) is 2.16. The highest BCUT2D eigenvalue weighted by molar-refractivity contribution is 5.82. The number of nitrogens with one attached hydrogen (secondary N) is 1. The van der Waals surface area contributed by atoms with Crippen LogP contribution in [0.5, 0.6) is 0 Å². The predicted molar refractivity (Wildman–Crippen MR) is 62.3 cm³/mol. The smallest absolute Gasteiger partial charge is 0.326 e. The van der Waals surface area contributed by atoms with Gasteiger partial charge in [-0.1, -0.05) is 13.0 Å². The molecule has 0 aliphatic rings. The molecule has 0 saturated carbocycles. The van der Waals surface area contributed by atoms with E-state index in [4.69, 9.17) is 5.11 Å². The van der Waals surface area contributed by atoms with E-state index in [0.29, 0.717) is 13.1 Å². The number of rotatable bonds is 7. The van der Waals surface area contributed by atoms with Crippen molar-refractivity contribution in [2.45, 2.75) is 32.7 Å². The summed E-state index contributed by atoms with van der Waals surface area (Å²) in [7, 11) is 0.